The Morgan fingerprint density at radius 3 is 2.59 bits per heavy atom. The van der Waals surface area contributed by atoms with Crippen LogP contribution in [0.5, 0.6) is 5.75 Å². The molecule has 5 nitrogen and oxygen atoms in total. The lowest BCUT2D eigenvalue weighted by Gasteiger charge is -2.21. The maximum atomic E-state index is 12.3. The topological polar surface area (TPSA) is 58.6 Å². The average molecular weight is 304 g/mol. The molecule has 1 heterocycles. The van der Waals surface area contributed by atoms with Crippen molar-refractivity contribution in [3.63, 3.8) is 0 Å². The highest BCUT2D eigenvalue weighted by Gasteiger charge is 2.36. The van der Waals surface area contributed by atoms with Gasteiger partial charge in [-0.05, 0) is 39.8 Å². The molecule has 120 valence electrons. The summed E-state index contributed by atoms with van der Waals surface area (Å²) in [6.45, 7) is 8.12. The maximum absolute atomic E-state index is 12.3. The first-order chi connectivity index (χ1) is 10.4. The smallest absolute Gasteiger partial charge is 0.227 e. The third-order valence-corrected chi connectivity index (χ3v) is 3.45. The number of hydrogen-bond donors (Lipinski definition) is 1. The van der Waals surface area contributed by atoms with Gasteiger partial charge >= 0.3 is 0 Å². The summed E-state index contributed by atoms with van der Waals surface area (Å²) in [7, 11) is 0. The Morgan fingerprint density at radius 1 is 1.27 bits per heavy atom. The Morgan fingerprint density at radius 2 is 1.95 bits per heavy atom. The van der Waals surface area contributed by atoms with Gasteiger partial charge in [-0.1, -0.05) is 12.1 Å². The van der Waals surface area contributed by atoms with Crippen LogP contribution in [0, 0.1) is 5.92 Å². The molecule has 2 amide bonds. The summed E-state index contributed by atoms with van der Waals surface area (Å²) in [6.07, 6.45) is 0.271. The molecule has 0 saturated carbocycles. The molecule has 1 atom stereocenters. The second-order valence-corrected chi connectivity index (χ2v) is 6.20. The van der Waals surface area contributed by atoms with Gasteiger partial charge in [-0.25, -0.2) is 0 Å². The standard InChI is InChI=1S/C17H24N2O3/c1-11(2)18-17(21)13-9-16(20)19(10-13)14-7-5-6-8-15(14)22-12(3)4/h5-8,11-13H,9-10H2,1-4H3,(H,18,21). The van der Waals surface area contributed by atoms with E-state index in [1.807, 2.05) is 52.0 Å². The first-order valence-electron chi connectivity index (χ1n) is 7.75. The van der Waals surface area contributed by atoms with Gasteiger partial charge in [0.2, 0.25) is 11.8 Å². The van der Waals surface area contributed by atoms with Crippen LogP contribution in [-0.2, 0) is 9.59 Å². The molecule has 0 aliphatic carbocycles. The molecule has 1 fully saturated rings. The second kappa shape index (κ2) is 6.81. The Hall–Kier alpha value is -2.04. The first-order valence-corrected chi connectivity index (χ1v) is 7.75. The Balaban J connectivity index is 2.17. The molecular formula is C17H24N2O3. The van der Waals surface area contributed by atoms with Gasteiger partial charge in [-0.15, -0.1) is 0 Å². The van der Waals surface area contributed by atoms with Gasteiger partial charge in [0.15, 0.2) is 0 Å². The summed E-state index contributed by atoms with van der Waals surface area (Å²) in [6, 6.07) is 7.54. The summed E-state index contributed by atoms with van der Waals surface area (Å²) in [5, 5.41) is 2.88. The first kappa shape index (κ1) is 16.3. The Kier molecular flexibility index (Phi) is 5.06. The summed E-state index contributed by atoms with van der Waals surface area (Å²) in [5.41, 5.74) is 0.737. The van der Waals surface area contributed by atoms with Gasteiger partial charge in [0.05, 0.1) is 17.7 Å². The van der Waals surface area contributed by atoms with E-state index in [4.69, 9.17) is 4.74 Å². The number of para-hydroxylation sites is 2. The largest absolute Gasteiger partial charge is 0.489 e. The lowest BCUT2D eigenvalue weighted by atomic mass is 10.1. The number of anilines is 1. The van der Waals surface area contributed by atoms with Gasteiger partial charge < -0.3 is 15.0 Å². The van der Waals surface area contributed by atoms with Gasteiger partial charge in [0.1, 0.15) is 5.75 Å². The monoisotopic (exact) mass is 304 g/mol. The Labute approximate surface area is 131 Å². The van der Waals surface area contributed by atoms with Crippen molar-refractivity contribution >= 4 is 17.5 Å². The zero-order valence-corrected chi connectivity index (χ0v) is 13.6. The van der Waals surface area contributed by atoms with E-state index < -0.39 is 0 Å². The van der Waals surface area contributed by atoms with Crippen LogP contribution in [0.3, 0.4) is 0 Å². The number of ether oxygens (including phenoxy) is 1. The van der Waals surface area contributed by atoms with Crippen LogP contribution in [0.25, 0.3) is 0 Å². The van der Waals surface area contributed by atoms with E-state index in [0.29, 0.717) is 12.3 Å². The van der Waals surface area contributed by atoms with Crippen molar-refractivity contribution in [2.24, 2.45) is 5.92 Å². The van der Waals surface area contributed by atoms with Crippen molar-refractivity contribution < 1.29 is 14.3 Å². The molecule has 0 spiro atoms. The lowest BCUT2D eigenvalue weighted by Crippen LogP contribution is -2.37. The summed E-state index contributed by atoms with van der Waals surface area (Å²) in [5.74, 6) is 0.273. The van der Waals surface area contributed by atoms with Gasteiger partial charge in [-0.3, -0.25) is 9.59 Å². The number of nitrogens with one attached hydrogen (secondary N) is 1. The van der Waals surface area contributed by atoms with E-state index in [2.05, 4.69) is 5.32 Å². The van der Waals surface area contributed by atoms with Crippen molar-refractivity contribution in [1.82, 2.24) is 5.32 Å². The molecule has 5 heteroatoms. The Bertz CT molecular complexity index is 555. The van der Waals surface area contributed by atoms with E-state index in [-0.39, 0.29) is 36.3 Å². The molecule has 1 unspecified atom stereocenters. The lowest BCUT2D eigenvalue weighted by molar-refractivity contribution is -0.126. The molecule has 1 aromatic carbocycles. The van der Waals surface area contributed by atoms with Crippen LogP contribution in [-0.4, -0.2) is 30.5 Å². The predicted octanol–water partition coefficient (Wildman–Crippen LogP) is 2.35. The molecule has 1 aromatic rings. The molecule has 0 bridgehead atoms. The highest BCUT2D eigenvalue weighted by Crippen LogP contribution is 2.33. The van der Waals surface area contributed by atoms with E-state index in [9.17, 15) is 9.59 Å². The number of amides is 2. The van der Waals surface area contributed by atoms with Crippen molar-refractivity contribution in [1.29, 1.82) is 0 Å². The second-order valence-electron chi connectivity index (χ2n) is 6.20. The fourth-order valence-electron chi connectivity index (χ4n) is 2.55. The minimum Gasteiger partial charge on any atom is -0.489 e. The fourth-order valence-corrected chi connectivity index (χ4v) is 2.55. The van der Waals surface area contributed by atoms with Crippen LogP contribution >= 0.6 is 0 Å². The number of nitrogens with zero attached hydrogens (tertiary/aromatic N) is 1. The fraction of sp³-hybridized carbons (Fsp3) is 0.529. The number of carbonyl (C=O) groups is 2. The number of carbonyl (C=O) groups excluding carboxylic acids is 2. The van der Waals surface area contributed by atoms with Crippen LogP contribution in [0.2, 0.25) is 0 Å². The van der Waals surface area contributed by atoms with Gasteiger partial charge in [0, 0.05) is 19.0 Å². The summed E-state index contributed by atoms with van der Waals surface area (Å²) in [4.78, 5) is 26.1. The predicted molar refractivity (Wildman–Crippen MR) is 85.9 cm³/mol. The summed E-state index contributed by atoms with van der Waals surface area (Å²) >= 11 is 0. The molecule has 1 aliphatic rings. The minimum atomic E-state index is -0.304. The van der Waals surface area contributed by atoms with E-state index in [0.717, 1.165) is 5.69 Å². The summed E-state index contributed by atoms with van der Waals surface area (Å²) < 4.78 is 5.77. The third kappa shape index (κ3) is 3.78. The highest BCUT2D eigenvalue weighted by molar-refractivity contribution is 6.01. The quantitative estimate of drug-likeness (QED) is 0.908. The molecule has 1 N–H and O–H groups in total. The van der Waals surface area contributed by atoms with Crippen molar-refractivity contribution in [2.75, 3.05) is 11.4 Å². The molecule has 1 aliphatic heterocycles. The SMILES string of the molecule is CC(C)NC(=O)C1CC(=O)N(c2ccccc2OC(C)C)C1. The van der Waals surface area contributed by atoms with Crippen molar-refractivity contribution in [2.45, 2.75) is 46.3 Å². The zero-order chi connectivity index (χ0) is 16.3. The van der Waals surface area contributed by atoms with Crippen LogP contribution in [0.15, 0.2) is 24.3 Å². The highest BCUT2D eigenvalue weighted by atomic mass is 16.5. The van der Waals surface area contributed by atoms with E-state index in [1.165, 1.54) is 0 Å². The van der Waals surface area contributed by atoms with Crippen LogP contribution in [0.4, 0.5) is 5.69 Å². The third-order valence-electron chi connectivity index (χ3n) is 3.45. The van der Waals surface area contributed by atoms with Crippen LogP contribution < -0.4 is 15.0 Å². The molecular weight excluding hydrogens is 280 g/mol. The van der Waals surface area contributed by atoms with Gasteiger partial charge in [-0.2, -0.15) is 0 Å². The minimum absolute atomic E-state index is 0.0268. The normalized spacial score (nSPS) is 18.2. The van der Waals surface area contributed by atoms with Crippen molar-refractivity contribution in [3.05, 3.63) is 24.3 Å². The van der Waals surface area contributed by atoms with Crippen LogP contribution in [0.1, 0.15) is 34.1 Å². The number of benzene rings is 1. The number of hydrogen-bond acceptors (Lipinski definition) is 3. The molecule has 2 rings (SSSR count). The van der Waals surface area contributed by atoms with Crippen molar-refractivity contribution in [3.8, 4) is 5.75 Å². The van der Waals surface area contributed by atoms with Gasteiger partial charge in [0.25, 0.3) is 0 Å². The molecule has 22 heavy (non-hydrogen) atoms. The van der Waals surface area contributed by atoms with E-state index in [1.54, 1.807) is 4.90 Å². The molecule has 0 radical (unpaired) electrons. The van der Waals surface area contributed by atoms with E-state index >= 15 is 0 Å². The molecule has 1 saturated heterocycles. The zero-order valence-electron chi connectivity index (χ0n) is 13.6. The molecule has 0 aromatic heterocycles. The number of rotatable bonds is 5. The maximum Gasteiger partial charge on any atom is 0.227 e. The average Bonchev–Trinajstić information content (AvgIpc) is 2.80.